The second-order valence-electron chi connectivity index (χ2n) is 25.1. The van der Waals surface area contributed by atoms with Crippen LogP contribution in [0.25, 0.3) is 73.1 Å². The molecule has 12 heterocycles. The van der Waals surface area contributed by atoms with Gasteiger partial charge in [-0.15, -0.1) is 0 Å². The van der Waals surface area contributed by atoms with Crippen LogP contribution in [0.3, 0.4) is 0 Å². The van der Waals surface area contributed by atoms with Crippen LogP contribution in [-0.2, 0) is 0 Å². The van der Waals surface area contributed by atoms with Gasteiger partial charge in [0.2, 0.25) is 5.95 Å². The number of halogens is 4. The predicted octanol–water partition coefficient (Wildman–Crippen LogP) is 14.2. The summed E-state index contributed by atoms with van der Waals surface area (Å²) in [6.45, 7) is 8.10. The number of hydrogen-bond acceptors (Lipinski definition) is 14. The summed E-state index contributed by atoms with van der Waals surface area (Å²) in [6.07, 6.45) is 27.7. The highest BCUT2D eigenvalue weighted by Gasteiger charge is 2.35. The van der Waals surface area contributed by atoms with E-state index >= 15 is 0 Å². The number of likely N-dealkylation sites (tertiary alicyclic amines) is 1. The third-order valence-corrected chi connectivity index (χ3v) is 18.8. The van der Waals surface area contributed by atoms with Crippen LogP contribution >= 0.6 is 11.6 Å². The molecule has 0 saturated carbocycles. The van der Waals surface area contributed by atoms with E-state index in [1.54, 1.807) is 67.6 Å². The molecular weight excluding hydrogens is 1270 g/mol. The number of benzene rings is 4. The fourth-order valence-electron chi connectivity index (χ4n) is 13.3. The highest BCUT2D eigenvalue weighted by Crippen LogP contribution is 2.40. The molecule has 4 N–H and O–H groups in total. The van der Waals surface area contributed by atoms with Crippen LogP contribution in [0.15, 0.2) is 224 Å². The maximum absolute atomic E-state index is 13.3. The summed E-state index contributed by atoms with van der Waals surface area (Å²) < 4.78 is 46.5. The quantitative estimate of drug-likeness (QED) is 0.0977. The second-order valence-corrected chi connectivity index (χ2v) is 25.5. The van der Waals surface area contributed by atoms with Crippen LogP contribution in [0.5, 0.6) is 0 Å². The van der Waals surface area contributed by atoms with Gasteiger partial charge < -0.3 is 35.3 Å². The van der Waals surface area contributed by atoms with Gasteiger partial charge in [-0.3, -0.25) is 19.6 Å². The van der Waals surface area contributed by atoms with Crippen molar-refractivity contribution < 1.29 is 18.0 Å². The molecule has 11 aromatic rings. The molecule has 0 spiro atoms. The number of nitrogens with one attached hydrogen (secondary N) is 2. The molecule has 3 fully saturated rings. The minimum absolute atomic E-state index is 0.223. The lowest BCUT2D eigenvalue weighted by molar-refractivity contribution is -0.0738. The molecule has 0 bridgehead atoms. The van der Waals surface area contributed by atoms with Gasteiger partial charge in [0.25, 0.3) is 0 Å². The average Bonchev–Trinajstić information content (AvgIpc) is 1.69. The van der Waals surface area contributed by atoms with Gasteiger partial charge in [-0.25, -0.2) is 33.1 Å². The number of hydrogen-bond donors (Lipinski definition) is 3. The maximum atomic E-state index is 13.3. The van der Waals surface area contributed by atoms with E-state index in [2.05, 4.69) is 99.2 Å². The third-order valence-electron chi connectivity index (χ3n) is 18.6. The number of pyridine rings is 3. The molecule has 22 heteroatoms. The van der Waals surface area contributed by atoms with Crippen LogP contribution in [0.4, 0.5) is 19.1 Å². The highest BCUT2D eigenvalue weighted by atomic mass is 35.5. The van der Waals surface area contributed by atoms with Crippen molar-refractivity contribution in [2.75, 3.05) is 72.2 Å². The van der Waals surface area contributed by atoms with Crippen molar-refractivity contribution in [3.63, 3.8) is 0 Å². The lowest BCUT2D eigenvalue weighted by Crippen LogP contribution is -2.32. The molecule has 502 valence electrons. The molecule has 0 atom stereocenters. The van der Waals surface area contributed by atoms with E-state index < -0.39 is 0 Å². The molecule has 0 unspecified atom stereocenters. The Morgan fingerprint density at radius 3 is 1.52 bits per heavy atom. The second kappa shape index (κ2) is 31.9. The fourth-order valence-corrected chi connectivity index (χ4v) is 13.4. The van der Waals surface area contributed by atoms with Gasteiger partial charge in [-0.1, -0.05) is 29.8 Å². The summed E-state index contributed by atoms with van der Waals surface area (Å²) in [5.41, 5.74) is 23.5. The Morgan fingerprint density at radius 1 is 0.495 bits per heavy atom. The van der Waals surface area contributed by atoms with Crippen molar-refractivity contribution in [2.45, 2.75) is 63.1 Å². The molecule has 3 saturated heterocycles. The first-order chi connectivity index (χ1) is 48.5. The molecule has 7 aromatic heterocycles. The normalized spacial score (nSPS) is 16.2. The van der Waals surface area contributed by atoms with Gasteiger partial charge in [-0.05, 0) is 242 Å². The SMILES string of the molecule is CN1CC=C(C2=C(c3ccncc3)C(c3ccc(Cl)cc3)=[N+]=N2)CC1.CN1CCC(n2ncc(-c3ccc(F)cc3)c2-c2ccncc2)CC1.Fc1ccc(-c2ncn(C3CCNCC3)c2-c2ccncc2)cc1.Nc1nccc(-c2c(-c3ccc(F)cc3)ncn2C2CCNCC2)n1. The Hall–Kier alpha value is -10.4. The van der Waals surface area contributed by atoms with Crippen LogP contribution in [0.2, 0.25) is 5.02 Å². The monoisotopic (exact) mass is 1350 g/mol. The van der Waals surface area contributed by atoms with E-state index in [1.807, 2.05) is 97.7 Å². The molecular formula is C77H77ClF3N18+. The smallest absolute Gasteiger partial charge is 0.368 e. The van der Waals surface area contributed by atoms with Gasteiger partial charge in [0.1, 0.15) is 28.1 Å². The lowest BCUT2D eigenvalue weighted by Gasteiger charge is -2.30. The summed E-state index contributed by atoms with van der Waals surface area (Å²) in [4.78, 5) is 39.2. The number of aromatic nitrogens is 11. The van der Waals surface area contributed by atoms with Crippen molar-refractivity contribution in [2.24, 2.45) is 5.11 Å². The fraction of sp³-hybridized carbons (Fsp3) is 0.260. The molecule has 16 rings (SSSR count). The number of imidazole rings is 2. The molecule has 5 aliphatic rings. The molecule has 4 aromatic carbocycles. The number of anilines is 1. The first kappa shape index (κ1) is 67.2. The van der Waals surface area contributed by atoms with Gasteiger partial charge in [0.15, 0.2) is 5.70 Å². The van der Waals surface area contributed by atoms with E-state index in [1.165, 1.54) is 42.0 Å². The first-order valence-electron chi connectivity index (χ1n) is 33.6. The number of nitrogens with zero attached hydrogens (tertiary/aromatic N) is 15. The summed E-state index contributed by atoms with van der Waals surface area (Å²) in [6, 6.07) is 42.3. The minimum atomic E-state index is -0.269. The van der Waals surface area contributed by atoms with Crippen LogP contribution < -0.4 is 16.4 Å². The largest absolute Gasteiger partial charge is 0.382 e. The van der Waals surface area contributed by atoms with Gasteiger partial charge in [0, 0.05) is 101 Å². The van der Waals surface area contributed by atoms with Gasteiger partial charge in [0.05, 0.1) is 69.4 Å². The Balaban J connectivity index is 0.000000119. The molecule has 0 radical (unpaired) electrons. The molecule has 0 amide bonds. The van der Waals surface area contributed by atoms with Crippen molar-refractivity contribution >= 4 is 28.8 Å². The average molecular weight is 1350 g/mol. The molecule has 18 nitrogen and oxygen atoms in total. The summed E-state index contributed by atoms with van der Waals surface area (Å²) in [7, 11) is 4.29. The number of rotatable bonds is 12. The Labute approximate surface area is 578 Å². The zero-order valence-electron chi connectivity index (χ0n) is 55.3. The van der Waals surface area contributed by atoms with Crippen molar-refractivity contribution in [1.29, 1.82) is 0 Å². The predicted molar refractivity (Wildman–Crippen MR) is 382 cm³/mol. The van der Waals surface area contributed by atoms with Gasteiger partial charge >= 0.3 is 5.71 Å². The highest BCUT2D eigenvalue weighted by molar-refractivity contribution is 6.32. The van der Waals surface area contributed by atoms with E-state index in [9.17, 15) is 13.2 Å². The van der Waals surface area contributed by atoms with Crippen molar-refractivity contribution in [3.8, 4) is 67.5 Å². The third kappa shape index (κ3) is 16.1. The minimum Gasteiger partial charge on any atom is -0.368 e. The summed E-state index contributed by atoms with van der Waals surface area (Å²) in [5.74, 6) is -0.506. The lowest BCUT2D eigenvalue weighted by atomic mass is 9.91. The van der Waals surface area contributed by atoms with E-state index in [4.69, 9.17) is 22.4 Å². The standard InChI is InChI=1S/C20H18ClN4.C20H21FN4.C19H19FN4.C18H19FN6/c1-25-12-8-16(9-13-25)20-18(14-6-10-22-11-7-14)19(23-24-20)15-2-4-17(21)5-3-15;1-24-12-8-18(9-13-24)25-20(16-6-10-22-11-7-16)19(14-23-25)15-2-4-17(21)5-3-15;20-16-3-1-14(2-4-16)18-19(15-5-9-21-10-6-15)24(13-23-18)17-7-11-22-12-8-17;19-13-3-1-12(2-4-13)16-17(15-7-10-22-18(20)24-15)25(11-23-16)14-5-8-21-9-6-14/h2-8,10-11H,9,12-13H2,1H3;2-7,10-11,14,18H,8-9,12-13H2,1H3;1-6,9-10,13,17,22H,7-8,11-12H2;1-4,7,10-11,14,21H,5-6,8-9H2,(H2,20,22,24)/q+1;;;. The Kier molecular flexibility index (Phi) is 21.6. The molecule has 5 aliphatic heterocycles. The molecule has 0 aliphatic carbocycles. The number of nitrogens with two attached hydrogens (primary N) is 1. The van der Waals surface area contributed by atoms with E-state index in [0.29, 0.717) is 23.1 Å². The first-order valence-corrected chi connectivity index (χ1v) is 33.9. The van der Waals surface area contributed by atoms with E-state index in [0.717, 1.165) is 193 Å². The molecule has 99 heavy (non-hydrogen) atoms. The van der Waals surface area contributed by atoms with E-state index in [-0.39, 0.29) is 23.4 Å². The maximum Gasteiger partial charge on any atom is 0.382 e. The number of likely N-dealkylation sites (N-methyl/N-ethyl adjacent to an activating group) is 1. The van der Waals surface area contributed by atoms with Crippen LogP contribution in [0.1, 0.15) is 74.2 Å². The van der Waals surface area contributed by atoms with Gasteiger partial charge in [-0.2, -0.15) is 5.10 Å². The number of piperidine rings is 3. The Morgan fingerprint density at radius 2 is 0.990 bits per heavy atom. The van der Waals surface area contributed by atoms with Crippen LogP contribution in [-0.4, -0.2) is 141 Å². The zero-order valence-corrected chi connectivity index (χ0v) is 56.0. The van der Waals surface area contributed by atoms with Crippen LogP contribution in [0, 0.1) is 17.5 Å². The van der Waals surface area contributed by atoms with Crippen molar-refractivity contribution in [3.05, 3.63) is 253 Å². The Bertz CT molecular complexity index is 4610. The summed E-state index contributed by atoms with van der Waals surface area (Å²) in [5, 5.41) is 16.8. The number of nitrogen functional groups attached to an aromatic ring is 1. The topological polar surface area (TPSA) is 201 Å². The number of allylic oxidation sites excluding steroid dienone is 2. The van der Waals surface area contributed by atoms with Crippen molar-refractivity contribution in [1.82, 2.24) is 74.2 Å². The zero-order chi connectivity index (χ0) is 68.0. The summed E-state index contributed by atoms with van der Waals surface area (Å²) >= 11 is 6.04.